The Balaban J connectivity index is 2.30. The fraction of sp³-hybridized carbons (Fsp3) is 0.316. The van der Waals surface area contributed by atoms with Crippen LogP contribution in [0.1, 0.15) is 19.4 Å². The highest BCUT2D eigenvalue weighted by Gasteiger charge is 2.23. The number of hydrogen-bond acceptors (Lipinski definition) is 4. The number of carbonyl (C=O) groups excluding carboxylic acids is 1. The minimum absolute atomic E-state index is 0.0931. The molecular weight excluding hydrogens is 386 g/mol. The fourth-order valence-corrected chi connectivity index (χ4v) is 4.41. The van der Waals surface area contributed by atoms with Crippen LogP contribution in [-0.4, -0.2) is 38.8 Å². The average molecular weight is 410 g/mol. The lowest BCUT2D eigenvalue weighted by atomic mass is 10.1. The molecule has 2 rings (SSSR count). The molecule has 8 heteroatoms. The number of hydrogen-bond donors (Lipinski definition) is 2. The van der Waals surface area contributed by atoms with Crippen LogP contribution in [0.2, 0.25) is 5.02 Å². The smallest absolute Gasteiger partial charge is 0.243 e. The second-order valence-electron chi connectivity index (χ2n) is 5.86. The first-order valence-electron chi connectivity index (χ1n) is 8.68. The van der Waals surface area contributed by atoms with Crippen molar-refractivity contribution in [2.45, 2.75) is 25.2 Å². The number of halogens is 1. The van der Waals surface area contributed by atoms with Crippen molar-refractivity contribution in [3.05, 3.63) is 53.1 Å². The Bertz CT molecular complexity index is 912. The highest BCUT2D eigenvalue weighted by molar-refractivity contribution is 7.89. The van der Waals surface area contributed by atoms with Gasteiger partial charge in [-0.25, -0.2) is 8.42 Å². The average Bonchev–Trinajstić information content (AvgIpc) is 2.64. The van der Waals surface area contributed by atoms with Crippen LogP contribution in [0.4, 0.5) is 11.4 Å². The van der Waals surface area contributed by atoms with E-state index in [0.717, 1.165) is 0 Å². The molecule has 0 aromatic heterocycles. The summed E-state index contributed by atoms with van der Waals surface area (Å²) in [5.41, 5.74) is 1.73. The summed E-state index contributed by atoms with van der Waals surface area (Å²) >= 11 is 6.10. The molecule has 0 bridgehead atoms. The molecule has 0 spiro atoms. The fourth-order valence-electron chi connectivity index (χ4n) is 2.73. The summed E-state index contributed by atoms with van der Waals surface area (Å²) in [5.74, 6) is -0.281. The highest BCUT2D eigenvalue weighted by Crippen LogP contribution is 2.27. The zero-order valence-electron chi connectivity index (χ0n) is 15.6. The first-order chi connectivity index (χ1) is 12.8. The van der Waals surface area contributed by atoms with E-state index in [1.165, 1.54) is 16.4 Å². The van der Waals surface area contributed by atoms with Crippen molar-refractivity contribution in [1.82, 2.24) is 4.31 Å². The van der Waals surface area contributed by atoms with Crippen molar-refractivity contribution in [1.29, 1.82) is 0 Å². The number of nitrogens with one attached hydrogen (secondary N) is 2. The van der Waals surface area contributed by atoms with Crippen LogP contribution in [0.25, 0.3) is 0 Å². The SMILES string of the molecule is CCN(CC)S(=O)(=O)c1ccc(NC)c(NC(=O)Cc2ccccc2Cl)c1. The van der Waals surface area contributed by atoms with Crippen LogP contribution in [0, 0.1) is 0 Å². The maximum Gasteiger partial charge on any atom is 0.243 e. The van der Waals surface area contributed by atoms with Gasteiger partial charge < -0.3 is 10.6 Å². The maximum absolute atomic E-state index is 12.7. The number of nitrogens with zero attached hydrogens (tertiary/aromatic N) is 1. The summed E-state index contributed by atoms with van der Waals surface area (Å²) in [7, 11) is -1.91. The third-order valence-electron chi connectivity index (χ3n) is 4.19. The van der Waals surface area contributed by atoms with Gasteiger partial charge in [-0.05, 0) is 29.8 Å². The molecule has 0 atom stereocenters. The van der Waals surface area contributed by atoms with E-state index >= 15 is 0 Å². The molecule has 0 fully saturated rings. The van der Waals surface area contributed by atoms with Crippen LogP contribution in [0.5, 0.6) is 0 Å². The molecule has 2 aromatic rings. The number of sulfonamides is 1. The maximum atomic E-state index is 12.7. The van der Waals surface area contributed by atoms with Gasteiger partial charge in [-0.3, -0.25) is 4.79 Å². The third kappa shape index (κ3) is 5.00. The van der Waals surface area contributed by atoms with E-state index in [1.807, 2.05) is 6.07 Å². The minimum atomic E-state index is -3.62. The molecule has 0 radical (unpaired) electrons. The van der Waals surface area contributed by atoms with Gasteiger partial charge in [0, 0.05) is 25.2 Å². The van der Waals surface area contributed by atoms with E-state index in [-0.39, 0.29) is 17.2 Å². The van der Waals surface area contributed by atoms with Gasteiger partial charge in [-0.2, -0.15) is 4.31 Å². The number of benzene rings is 2. The van der Waals surface area contributed by atoms with Gasteiger partial charge >= 0.3 is 0 Å². The van der Waals surface area contributed by atoms with E-state index in [1.54, 1.807) is 45.2 Å². The van der Waals surface area contributed by atoms with Gasteiger partial charge in [0.15, 0.2) is 0 Å². The number of rotatable bonds is 8. The van der Waals surface area contributed by atoms with Crippen molar-refractivity contribution < 1.29 is 13.2 Å². The van der Waals surface area contributed by atoms with Gasteiger partial charge in [0.1, 0.15) is 0 Å². The third-order valence-corrected chi connectivity index (χ3v) is 6.60. The van der Waals surface area contributed by atoms with Crippen LogP contribution in [0.15, 0.2) is 47.4 Å². The topological polar surface area (TPSA) is 78.5 Å². The Kier molecular flexibility index (Phi) is 7.24. The quantitative estimate of drug-likeness (QED) is 0.698. The lowest BCUT2D eigenvalue weighted by Gasteiger charge is -2.20. The van der Waals surface area contributed by atoms with Gasteiger partial charge in [0.25, 0.3) is 0 Å². The van der Waals surface area contributed by atoms with Crippen molar-refractivity contribution in [3.8, 4) is 0 Å². The minimum Gasteiger partial charge on any atom is -0.386 e. The van der Waals surface area contributed by atoms with Crippen molar-refractivity contribution in [2.24, 2.45) is 0 Å². The molecule has 27 heavy (non-hydrogen) atoms. The summed E-state index contributed by atoms with van der Waals surface area (Å²) < 4.78 is 26.9. The zero-order valence-corrected chi connectivity index (χ0v) is 17.2. The highest BCUT2D eigenvalue weighted by atomic mass is 35.5. The molecule has 0 aliphatic heterocycles. The van der Waals surface area contributed by atoms with Gasteiger partial charge in [0.05, 0.1) is 22.7 Å². The van der Waals surface area contributed by atoms with Gasteiger partial charge in [0.2, 0.25) is 15.9 Å². The Hall–Kier alpha value is -2.09. The molecule has 2 N–H and O–H groups in total. The zero-order chi connectivity index (χ0) is 20.0. The Morgan fingerprint density at radius 1 is 1.07 bits per heavy atom. The molecule has 0 unspecified atom stereocenters. The first kappa shape index (κ1) is 21.2. The summed E-state index contributed by atoms with van der Waals surface area (Å²) in [4.78, 5) is 12.6. The van der Waals surface area contributed by atoms with Crippen molar-refractivity contribution >= 4 is 38.9 Å². The number of carbonyl (C=O) groups is 1. The van der Waals surface area contributed by atoms with E-state index < -0.39 is 10.0 Å². The van der Waals surface area contributed by atoms with Crippen LogP contribution in [-0.2, 0) is 21.2 Å². The molecule has 0 aliphatic rings. The van der Waals surface area contributed by atoms with E-state index in [2.05, 4.69) is 10.6 Å². The molecule has 0 aliphatic carbocycles. The number of amides is 1. The summed E-state index contributed by atoms with van der Waals surface area (Å²) in [5, 5.41) is 6.26. The van der Waals surface area contributed by atoms with Gasteiger partial charge in [-0.1, -0.05) is 43.6 Å². The molecule has 1 amide bonds. The Morgan fingerprint density at radius 2 is 1.74 bits per heavy atom. The van der Waals surface area contributed by atoms with E-state index in [4.69, 9.17) is 11.6 Å². The predicted molar refractivity (Wildman–Crippen MR) is 110 cm³/mol. The van der Waals surface area contributed by atoms with Crippen molar-refractivity contribution in [2.75, 3.05) is 30.8 Å². The van der Waals surface area contributed by atoms with E-state index in [0.29, 0.717) is 35.1 Å². The molecule has 0 saturated carbocycles. The first-order valence-corrected chi connectivity index (χ1v) is 10.5. The summed E-state index contributed by atoms with van der Waals surface area (Å²) in [6.07, 6.45) is 0.0931. The second kappa shape index (κ2) is 9.21. The van der Waals surface area contributed by atoms with E-state index in [9.17, 15) is 13.2 Å². The van der Waals surface area contributed by atoms with Crippen LogP contribution < -0.4 is 10.6 Å². The molecular formula is C19H24ClN3O3S. The second-order valence-corrected chi connectivity index (χ2v) is 8.21. The molecule has 0 saturated heterocycles. The summed E-state index contributed by atoms with van der Waals surface area (Å²) in [6, 6.07) is 11.8. The molecule has 6 nitrogen and oxygen atoms in total. The lowest BCUT2D eigenvalue weighted by molar-refractivity contribution is -0.115. The largest absolute Gasteiger partial charge is 0.386 e. The van der Waals surface area contributed by atoms with Crippen LogP contribution in [0.3, 0.4) is 0 Å². The molecule has 0 heterocycles. The van der Waals surface area contributed by atoms with Crippen molar-refractivity contribution in [3.63, 3.8) is 0 Å². The monoisotopic (exact) mass is 409 g/mol. The van der Waals surface area contributed by atoms with Crippen LogP contribution >= 0.6 is 11.6 Å². The number of anilines is 2. The normalized spacial score (nSPS) is 11.4. The lowest BCUT2D eigenvalue weighted by Crippen LogP contribution is -2.30. The molecule has 2 aromatic carbocycles. The summed E-state index contributed by atoms with van der Waals surface area (Å²) in [6.45, 7) is 4.33. The standard InChI is InChI=1S/C19H24ClN3O3S/c1-4-23(5-2)27(25,26)15-10-11-17(21-3)18(13-15)22-19(24)12-14-8-6-7-9-16(14)20/h6-11,13,21H,4-5,12H2,1-3H3,(H,22,24). The van der Waals surface area contributed by atoms with Gasteiger partial charge in [-0.15, -0.1) is 0 Å². The Morgan fingerprint density at radius 3 is 2.33 bits per heavy atom. The molecule has 146 valence electrons. The Labute approximate surface area is 165 Å². The predicted octanol–water partition coefficient (Wildman–Crippen LogP) is 3.59.